The molecule has 1 saturated carbocycles. The van der Waals surface area contributed by atoms with Gasteiger partial charge in [-0.05, 0) is 12.8 Å². The van der Waals surface area contributed by atoms with E-state index in [9.17, 15) is 0 Å². The van der Waals surface area contributed by atoms with Crippen LogP contribution in [0.15, 0.2) is 12.5 Å². The third-order valence-electron chi connectivity index (χ3n) is 1.88. The molecule has 0 bridgehead atoms. The lowest BCUT2D eigenvalue weighted by molar-refractivity contribution is 0.732. The molecule has 2 rings (SSSR count). The summed E-state index contributed by atoms with van der Waals surface area (Å²) >= 11 is 0. The maximum absolute atomic E-state index is 7.23. The SMILES string of the molecule is N=C(N)c1cncn1C1CC1. The molecule has 0 atom stereocenters. The average Bonchev–Trinajstić information content (AvgIpc) is 2.68. The highest BCUT2D eigenvalue weighted by molar-refractivity contribution is 5.93. The third kappa shape index (κ3) is 1.00. The van der Waals surface area contributed by atoms with Gasteiger partial charge in [-0.15, -0.1) is 0 Å². The van der Waals surface area contributed by atoms with Crippen molar-refractivity contribution in [1.29, 1.82) is 5.41 Å². The van der Waals surface area contributed by atoms with Crippen molar-refractivity contribution in [2.75, 3.05) is 0 Å². The van der Waals surface area contributed by atoms with Crippen LogP contribution in [0, 0.1) is 5.41 Å². The Morgan fingerprint density at radius 2 is 2.45 bits per heavy atom. The molecule has 4 nitrogen and oxygen atoms in total. The van der Waals surface area contributed by atoms with Crippen molar-refractivity contribution in [3.05, 3.63) is 18.2 Å². The van der Waals surface area contributed by atoms with Gasteiger partial charge < -0.3 is 10.3 Å². The van der Waals surface area contributed by atoms with Gasteiger partial charge in [0.15, 0.2) is 0 Å². The molecule has 0 aromatic carbocycles. The molecule has 1 fully saturated rings. The first-order valence-electron chi connectivity index (χ1n) is 3.65. The molecule has 1 heterocycles. The Kier molecular flexibility index (Phi) is 1.21. The van der Waals surface area contributed by atoms with Crippen molar-refractivity contribution >= 4 is 5.84 Å². The molecule has 0 saturated heterocycles. The van der Waals surface area contributed by atoms with Crippen LogP contribution >= 0.6 is 0 Å². The number of rotatable bonds is 2. The largest absolute Gasteiger partial charge is 0.382 e. The minimum atomic E-state index is 0.106. The first-order valence-corrected chi connectivity index (χ1v) is 3.65. The molecule has 1 aliphatic carbocycles. The maximum atomic E-state index is 7.23. The summed E-state index contributed by atoms with van der Waals surface area (Å²) in [4.78, 5) is 3.95. The first-order chi connectivity index (χ1) is 5.29. The van der Waals surface area contributed by atoms with Crippen LogP contribution in [0.4, 0.5) is 0 Å². The van der Waals surface area contributed by atoms with Gasteiger partial charge in [-0.2, -0.15) is 0 Å². The minimum Gasteiger partial charge on any atom is -0.382 e. The number of amidine groups is 1. The fraction of sp³-hybridized carbons (Fsp3) is 0.429. The zero-order valence-electron chi connectivity index (χ0n) is 6.12. The standard InChI is InChI=1S/C7H10N4/c8-7(9)6-3-10-4-11(6)5-1-2-5/h3-5H,1-2H2,(H3,8,9). The second-order valence-corrected chi connectivity index (χ2v) is 2.83. The molecule has 0 amide bonds. The van der Waals surface area contributed by atoms with E-state index >= 15 is 0 Å². The second-order valence-electron chi connectivity index (χ2n) is 2.83. The van der Waals surface area contributed by atoms with Crippen molar-refractivity contribution in [3.8, 4) is 0 Å². The predicted molar refractivity (Wildman–Crippen MR) is 41.5 cm³/mol. The molecule has 58 valence electrons. The number of hydrogen-bond donors (Lipinski definition) is 2. The van der Waals surface area contributed by atoms with Crippen LogP contribution < -0.4 is 5.73 Å². The molecular weight excluding hydrogens is 140 g/mol. The average molecular weight is 150 g/mol. The van der Waals surface area contributed by atoms with Gasteiger partial charge in [0.25, 0.3) is 0 Å². The lowest BCUT2D eigenvalue weighted by Gasteiger charge is -2.02. The Labute approximate surface area is 64.5 Å². The molecule has 0 spiro atoms. The molecule has 0 unspecified atom stereocenters. The topological polar surface area (TPSA) is 67.7 Å². The highest BCUT2D eigenvalue weighted by Crippen LogP contribution is 2.35. The number of nitrogens with two attached hydrogens (primary N) is 1. The zero-order valence-corrected chi connectivity index (χ0v) is 6.12. The van der Waals surface area contributed by atoms with Gasteiger partial charge in [-0.1, -0.05) is 0 Å². The van der Waals surface area contributed by atoms with Gasteiger partial charge in [-0.3, -0.25) is 5.41 Å². The van der Waals surface area contributed by atoms with E-state index in [1.54, 1.807) is 12.5 Å². The van der Waals surface area contributed by atoms with E-state index in [1.165, 1.54) is 12.8 Å². The smallest absolute Gasteiger partial charge is 0.141 e. The monoisotopic (exact) mass is 150 g/mol. The molecule has 3 N–H and O–H groups in total. The lowest BCUT2D eigenvalue weighted by atomic mass is 10.4. The van der Waals surface area contributed by atoms with Crippen LogP contribution in [0.2, 0.25) is 0 Å². The molecule has 1 aromatic heterocycles. The van der Waals surface area contributed by atoms with Gasteiger partial charge in [0, 0.05) is 6.04 Å². The number of nitrogens with zero attached hydrogens (tertiary/aromatic N) is 2. The summed E-state index contributed by atoms with van der Waals surface area (Å²) < 4.78 is 1.97. The van der Waals surface area contributed by atoms with Crippen LogP contribution in [0.3, 0.4) is 0 Å². The number of aromatic nitrogens is 2. The van der Waals surface area contributed by atoms with Crippen LogP contribution in [0.5, 0.6) is 0 Å². The molecule has 4 heteroatoms. The van der Waals surface area contributed by atoms with Crippen LogP contribution in [-0.2, 0) is 0 Å². The van der Waals surface area contributed by atoms with Crippen LogP contribution in [-0.4, -0.2) is 15.4 Å². The Morgan fingerprint density at radius 1 is 1.73 bits per heavy atom. The van der Waals surface area contributed by atoms with Crippen molar-refractivity contribution in [3.63, 3.8) is 0 Å². The number of nitrogens with one attached hydrogen (secondary N) is 1. The van der Waals surface area contributed by atoms with Gasteiger partial charge in [0.2, 0.25) is 0 Å². The third-order valence-corrected chi connectivity index (χ3v) is 1.88. The number of nitrogen functional groups attached to an aromatic ring is 1. The van der Waals surface area contributed by atoms with E-state index in [4.69, 9.17) is 11.1 Å². The van der Waals surface area contributed by atoms with E-state index < -0.39 is 0 Å². The van der Waals surface area contributed by atoms with Crippen molar-refractivity contribution < 1.29 is 0 Å². The Balaban J connectivity index is 2.37. The van der Waals surface area contributed by atoms with Crippen LogP contribution in [0.1, 0.15) is 24.6 Å². The summed E-state index contributed by atoms with van der Waals surface area (Å²) in [6.45, 7) is 0. The lowest BCUT2D eigenvalue weighted by Crippen LogP contribution is -2.15. The molecule has 1 aromatic rings. The minimum absolute atomic E-state index is 0.106. The van der Waals surface area contributed by atoms with E-state index in [0.717, 1.165) is 5.69 Å². The van der Waals surface area contributed by atoms with Crippen molar-refractivity contribution in [1.82, 2.24) is 9.55 Å². The second kappa shape index (κ2) is 2.08. The summed E-state index contributed by atoms with van der Waals surface area (Å²) in [5.41, 5.74) is 6.09. The Morgan fingerprint density at radius 3 is 3.00 bits per heavy atom. The number of imidazole rings is 1. The van der Waals surface area contributed by atoms with Gasteiger partial charge in [-0.25, -0.2) is 4.98 Å². The normalized spacial score (nSPS) is 16.7. The van der Waals surface area contributed by atoms with Gasteiger partial charge >= 0.3 is 0 Å². The maximum Gasteiger partial charge on any atom is 0.141 e. The summed E-state index contributed by atoms with van der Waals surface area (Å²) in [7, 11) is 0. The highest BCUT2D eigenvalue weighted by atomic mass is 15.1. The molecule has 0 radical (unpaired) electrons. The van der Waals surface area contributed by atoms with Crippen LogP contribution in [0.25, 0.3) is 0 Å². The van der Waals surface area contributed by atoms with Crippen molar-refractivity contribution in [2.24, 2.45) is 5.73 Å². The molecule has 1 aliphatic rings. The first kappa shape index (κ1) is 6.39. The Hall–Kier alpha value is -1.32. The van der Waals surface area contributed by atoms with Gasteiger partial charge in [0.05, 0.1) is 12.5 Å². The summed E-state index contributed by atoms with van der Waals surface area (Å²) in [5.74, 6) is 0.106. The van der Waals surface area contributed by atoms with E-state index in [-0.39, 0.29) is 5.84 Å². The quantitative estimate of drug-likeness (QED) is 0.476. The molecular formula is C7H10N4. The fourth-order valence-corrected chi connectivity index (χ4v) is 1.16. The summed E-state index contributed by atoms with van der Waals surface area (Å²) in [5, 5.41) is 7.23. The predicted octanol–water partition coefficient (Wildman–Crippen LogP) is 0.502. The summed E-state index contributed by atoms with van der Waals surface area (Å²) in [6, 6.07) is 0.552. The Bertz CT molecular complexity index is 284. The van der Waals surface area contributed by atoms with E-state index in [1.807, 2.05) is 4.57 Å². The van der Waals surface area contributed by atoms with Gasteiger partial charge in [0.1, 0.15) is 11.5 Å². The van der Waals surface area contributed by atoms with E-state index in [2.05, 4.69) is 4.98 Å². The zero-order chi connectivity index (χ0) is 7.84. The fourth-order valence-electron chi connectivity index (χ4n) is 1.16. The van der Waals surface area contributed by atoms with E-state index in [0.29, 0.717) is 6.04 Å². The van der Waals surface area contributed by atoms with Crippen molar-refractivity contribution in [2.45, 2.75) is 18.9 Å². The molecule has 0 aliphatic heterocycles. The number of hydrogen-bond acceptors (Lipinski definition) is 2. The molecule has 11 heavy (non-hydrogen) atoms. The summed E-state index contributed by atoms with van der Waals surface area (Å²) in [6.07, 6.45) is 5.77. The highest BCUT2D eigenvalue weighted by Gasteiger charge is 2.25.